The van der Waals surface area contributed by atoms with Crippen LogP contribution in [-0.4, -0.2) is 36.0 Å². The molecular weight excluding hydrogens is 178 g/mol. The van der Waals surface area contributed by atoms with Crippen molar-refractivity contribution >= 4 is 0 Å². The highest BCUT2D eigenvalue weighted by Gasteiger charge is 2.32. The SMILES string of the molecule is CC1(CN[C@@H]2CCC[C@H]2O)CCCO1. The first-order valence-electron chi connectivity index (χ1n) is 5.75. The minimum Gasteiger partial charge on any atom is -0.392 e. The van der Waals surface area contributed by atoms with Gasteiger partial charge in [-0.1, -0.05) is 0 Å². The molecule has 3 nitrogen and oxygen atoms in total. The third-order valence-corrected chi connectivity index (χ3v) is 3.52. The van der Waals surface area contributed by atoms with Crippen LogP contribution in [-0.2, 0) is 4.74 Å². The van der Waals surface area contributed by atoms with Crippen molar-refractivity contribution in [2.24, 2.45) is 0 Å². The van der Waals surface area contributed by atoms with E-state index in [1.54, 1.807) is 0 Å². The van der Waals surface area contributed by atoms with Crippen molar-refractivity contribution in [1.82, 2.24) is 5.32 Å². The molecule has 1 saturated carbocycles. The van der Waals surface area contributed by atoms with Crippen LogP contribution in [0.4, 0.5) is 0 Å². The van der Waals surface area contributed by atoms with Crippen molar-refractivity contribution in [2.45, 2.75) is 56.8 Å². The second kappa shape index (κ2) is 4.17. The van der Waals surface area contributed by atoms with Crippen LogP contribution in [0.5, 0.6) is 0 Å². The zero-order valence-electron chi connectivity index (χ0n) is 8.96. The normalized spacial score (nSPS) is 43.3. The average molecular weight is 199 g/mol. The largest absolute Gasteiger partial charge is 0.392 e. The molecule has 3 atom stereocenters. The quantitative estimate of drug-likeness (QED) is 0.714. The van der Waals surface area contributed by atoms with Crippen LogP contribution in [0, 0.1) is 0 Å². The van der Waals surface area contributed by atoms with Gasteiger partial charge >= 0.3 is 0 Å². The lowest BCUT2D eigenvalue weighted by Gasteiger charge is -2.26. The molecular formula is C11H21NO2. The van der Waals surface area contributed by atoms with E-state index in [2.05, 4.69) is 12.2 Å². The van der Waals surface area contributed by atoms with Crippen LogP contribution >= 0.6 is 0 Å². The molecule has 3 heteroatoms. The lowest BCUT2D eigenvalue weighted by atomic mass is 10.0. The number of hydrogen-bond donors (Lipinski definition) is 2. The molecule has 1 unspecified atom stereocenters. The highest BCUT2D eigenvalue weighted by atomic mass is 16.5. The van der Waals surface area contributed by atoms with E-state index in [0.29, 0.717) is 6.04 Å². The lowest BCUT2D eigenvalue weighted by molar-refractivity contribution is 0.0149. The fraction of sp³-hybridized carbons (Fsp3) is 1.00. The molecule has 14 heavy (non-hydrogen) atoms. The standard InChI is InChI=1S/C11H21NO2/c1-11(6-3-7-14-11)8-12-9-4-2-5-10(9)13/h9-10,12-13H,2-8H2,1H3/t9-,10-,11?/m1/s1. The summed E-state index contributed by atoms with van der Waals surface area (Å²) in [6.07, 6.45) is 5.39. The molecule has 0 radical (unpaired) electrons. The van der Waals surface area contributed by atoms with E-state index in [0.717, 1.165) is 38.8 Å². The van der Waals surface area contributed by atoms with Gasteiger partial charge < -0.3 is 15.2 Å². The number of aliphatic hydroxyl groups excluding tert-OH is 1. The van der Waals surface area contributed by atoms with Crippen LogP contribution in [0.15, 0.2) is 0 Å². The number of rotatable bonds is 3. The minimum absolute atomic E-state index is 0.0162. The maximum atomic E-state index is 9.64. The summed E-state index contributed by atoms with van der Waals surface area (Å²) in [4.78, 5) is 0. The van der Waals surface area contributed by atoms with E-state index in [1.165, 1.54) is 6.42 Å². The van der Waals surface area contributed by atoms with Gasteiger partial charge in [-0.25, -0.2) is 0 Å². The first kappa shape index (κ1) is 10.4. The molecule has 2 aliphatic rings. The molecule has 2 fully saturated rings. The molecule has 0 aromatic heterocycles. The zero-order chi connectivity index (χ0) is 10.0. The molecule has 0 amide bonds. The van der Waals surface area contributed by atoms with E-state index in [9.17, 15) is 5.11 Å². The average Bonchev–Trinajstić information content (AvgIpc) is 2.73. The van der Waals surface area contributed by atoms with Gasteiger partial charge in [0.25, 0.3) is 0 Å². The van der Waals surface area contributed by atoms with Crippen LogP contribution in [0.1, 0.15) is 39.0 Å². The second-order valence-corrected chi connectivity index (χ2v) is 4.89. The Labute approximate surface area is 85.8 Å². The predicted octanol–water partition coefficient (Wildman–Crippen LogP) is 1.06. The summed E-state index contributed by atoms with van der Waals surface area (Å²) in [7, 11) is 0. The summed E-state index contributed by atoms with van der Waals surface area (Å²) < 4.78 is 5.69. The van der Waals surface area contributed by atoms with E-state index >= 15 is 0 Å². The van der Waals surface area contributed by atoms with Gasteiger partial charge in [0, 0.05) is 19.2 Å². The van der Waals surface area contributed by atoms with Gasteiger partial charge in [-0.05, 0) is 39.0 Å². The van der Waals surface area contributed by atoms with E-state index in [1.807, 2.05) is 0 Å². The minimum atomic E-state index is -0.139. The Hall–Kier alpha value is -0.120. The molecule has 1 heterocycles. The highest BCUT2D eigenvalue weighted by Crippen LogP contribution is 2.25. The van der Waals surface area contributed by atoms with E-state index in [-0.39, 0.29) is 11.7 Å². The van der Waals surface area contributed by atoms with Crippen molar-refractivity contribution in [3.05, 3.63) is 0 Å². The number of ether oxygens (including phenoxy) is 1. The molecule has 0 aromatic rings. The molecule has 0 aromatic carbocycles. The first-order valence-corrected chi connectivity index (χ1v) is 5.75. The van der Waals surface area contributed by atoms with Crippen molar-refractivity contribution in [2.75, 3.05) is 13.2 Å². The van der Waals surface area contributed by atoms with Gasteiger partial charge in [0.1, 0.15) is 0 Å². The van der Waals surface area contributed by atoms with Crippen LogP contribution in [0.2, 0.25) is 0 Å². The summed E-state index contributed by atoms with van der Waals surface area (Å²) in [5, 5.41) is 13.1. The van der Waals surface area contributed by atoms with Gasteiger partial charge in [0.15, 0.2) is 0 Å². The zero-order valence-corrected chi connectivity index (χ0v) is 8.96. The van der Waals surface area contributed by atoms with Crippen LogP contribution < -0.4 is 5.32 Å². The molecule has 1 aliphatic heterocycles. The number of aliphatic hydroxyl groups is 1. The Balaban J connectivity index is 1.75. The lowest BCUT2D eigenvalue weighted by Crippen LogP contribution is -2.44. The molecule has 0 bridgehead atoms. The van der Waals surface area contributed by atoms with Gasteiger partial charge in [-0.15, -0.1) is 0 Å². The smallest absolute Gasteiger partial charge is 0.0779 e. The third kappa shape index (κ3) is 2.27. The van der Waals surface area contributed by atoms with E-state index in [4.69, 9.17) is 4.74 Å². The maximum Gasteiger partial charge on any atom is 0.0779 e. The number of nitrogens with one attached hydrogen (secondary N) is 1. The summed E-state index contributed by atoms with van der Waals surface area (Å²) in [5.41, 5.74) is 0.0162. The van der Waals surface area contributed by atoms with Crippen molar-refractivity contribution in [3.63, 3.8) is 0 Å². The van der Waals surface area contributed by atoms with Crippen molar-refractivity contribution < 1.29 is 9.84 Å². The van der Waals surface area contributed by atoms with Gasteiger partial charge in [-0.2, -0.15) is 0 Å². The summed E-state index contributed by atoms with van der Waals surface area (Å²) in [6.45, 7) is 3.94. The van der Waals surface area contributed by atoms with Gasteiger partial charge in [-0.3, -0.25) is 0 Å². The van der Waals surface area contributed by atoms with Crippen LogP contribution in [0.3, 0.4) is 0 Å². The molecule has 1 aliphatic carbocycles. The fourth-order valence-electron chi connectivity index (χ4n) is 2.50. The first-order chi connectivity index (χ1) is 6.70. The molecule has 82 valence electrons. The van der Waals surface area contributed by atoms with E-state index < -0.39 is 0 Å². The van der Waals surface area contributed by atoms with Gasteiger partial charge in [0.2, 0.25) is 0 Å². The van der Waals surface area contributed by atoms with Gasteiger partial charge in [0.05, 0.1) is 11.7 Å². The summed E-state index contributed by atoms with van der Waals surface area (Å²) >= 11 is 0. The predicted molar refractivity (Wildman–Crippen MR) is 55.2 cm³/mol. The molecule has 2 rings (SSSR count). The molecule has 2 N–H and O–H groups in total. The Morgan fingerprint density at radius 3 is 2.86 bits per heavy atom. The fourth-order valence-corrected chi connectivity index (χ4v) is 2.50. The maximum absolute atomic E-state index is 9.64. The number of hydrogen-bond acceptors (Lipinski definition) is 3. The Morgan fingerprint density at radius 1 is 1.43 bits per heavy atom. The third-order valence-electron chi connectivity index (χ3n) is 3.52. The Kier molecular flexibility index (Phi) is 3.10. The topological polar surface area (TPSA) is 41.5 Å². The monoisotopic (exact) mass is 199 g/mol. The highest BCUT2D eigenvalue weighted by molar-refractivity contribution is 4.88. The Bertz CT molecular complexity index is 190. The van der Waals surface area contributed by atoms with Crippen molar-refractivity contribution in [3.8, 4) is 0 Å². The van der Waals surface area contributed by atoms with Crippen molar-refractivity contribution in [1.29, 1.82) is 0 Å². The second-order valence-electron chi connectivity index (χ2n) is 4.89. The Morgan fingerprint density at radius 2 is 2.29 bits per heavy atom. The summed E-state index contributed by atoms with van der Waals surface area (Å²) in [6, 6.07) is 0.302. The van der Waals surface area contributed by atoms with Crippen LogP contribution in [0.25, 0.3) is 0 Å². The molecule has 1 saturated heterocycles. The molecule has 0 spiro atoms. The summed E-state index contributed by atoms with van der Waals surface area (Å²) in [5.74, 6) is 0.